The normalized spacial score (nSPS) is 19.4. The predicted molar refractivity (Wildman–Crippen MR) is 172 cm³/mol. The first kappa shape index (κ1) is 33.9. The zero-order valence-corrected chi connectivity index (χ0v) is 27.7. The van der Waals surface area contributed by atoms with Crippen molar-refractivity contribution in [2.45, 2.75) is 65.3 Å². The van der Waals surface area contributed by atoms with Crippen LogP contribution in [0, 0.1) is 12.3 Å². The molecule has 0 aromatic heterocycles. The van der Waals surface area contributed by atoms with Crippen LogP contribution in [0.25, 0.3) is 16.7 Å². The van der Waals surface area contributed by atoms with Crippen LogP contribution in [0.5, 0.6) is 11.5 Å². The van der Waals surface area contributed by atoms with Crippen LogP contribution in [0.3, 0.4) is 0 Å². The number of ether oxygens (including phenoxy) is 4. The van der Waals surface area contributed by atoms with Crippen molar-refractivity contribution in [2.24, 2.45) is 5.41 Å². The highest BCUT2D eigenvalue weighted by molar-refractivity contribution is 5.91. The molecule has 0 bridgehead atoms. The molecule has 1 aliphatic carbocycles. The third-order valence-electron chi connectivity index (χ3n) is 9.14. The monoisotopic (exact) mass is 651 g/mol. The van der Waals surface area contributed by atoms with Gasteiger partial charge in [-0.05, 0) is 103 Å². The van der Waals surface area contributed by atoms with Gasteiger partial charge in [-0.25, -0.2) is 9.59 Å². The molecule has 1 fully saturated rings. The molecule has 1 saturated heterocycles. The number of nitrogens with zero attached hydrogens (tertiary/aromatic N) is 1. The summed E-state index contributed by atoms with van der Waals surface area (Å²) in [7, 11) is 4.47. The summed E-state index contributed by atoms with van der Waals surface area (Å²) in [6.45, 7) is 8.04. The van der Waals surface area contributed by atoms with E-state index < -0.39 is 35.9 Å². The molecule has 5 rings (SSSR count). The molecule has 3 aromatic rings. The van der Waals surface area contributed by atoms with E-state index in [1.165, 1.54) is 7.11 Å². The Morgan fingerprint density at radius 1 is 0.979 bits per heavy atom. The number of rotatable bonds is 8. The second-order valence-corrected chi connectivity index (χ2v) is 13.0. The molecular formula is C37H40F3NO6. The maximum Gasteiger partial charge on any atom is 0.416 e. The summed E-state index contributed by atoms with van der Waals surface area (Å²) in [6.07, 6.45) is -3.58. The number of esters is 1. The predicted octanol–water partition coefficient (Wildman–Crippen LogP) is 9.03. The van der Waals surface area contributed by atoms with Crippen LogP contribution >= 0.6 is 0 Å². The fourth-order valence-electron chi connectivity index (χ4n) is 6.68. The first-order valence-corrected chi connectivity index (χ1v) is 15.5. The molecule has 0 N–H and O–H groups in total. The van der Waals surface area contributed by atoms with Crippen LogP contribution in [0.2, 0.25) is 0 Å². The smallest absolute Gasteiger partial charge is 0.416 e. The zero-order valence-electron chi connectivity index (χ0n) is 27.7. The Kier molecular flexibility index (Phi) is 9.35. The summed E-state index contributed by atoms with van der Waals surface area (Å²) in [6, 6.07) is 14.3. The Morgan fingerprint density at radius 3 is 2.36 bits per heavy atom. The van der Waals surface area contributed by atoms with Crippen molar-refractivity contribution in [1.29, 1.82) is 0 Å². The van der Waals surface area contributed by atoms with Gasteiger partial charge in [0.2, 0.25) is 0 Å². The van der Waals surface area contributed by atoms with Gasteiger partial charge in [-0.2, -0.15) is 13.2 Å². The second-order valence-electron chi connectivity index (χ2n) is 13.0. The molecule has 2 aliphatic rings. The lowest BCUT2D eigenvalue weighted by Gasteiger charge is -2.36. The number of aryl methyl sites for hydroxylation is 1. The van der Waals surface area contributed by atoms with Gasteiger partial charge in [0.25, 0.3) is 0 Å². The number of allylic oxidation sites excluding steroid dienone is 1. The molecule has 10 heteroatoms. The number of cyclic esters (lactones) is 1. The number of carbonyl (C=O) groups is 2. The van der Waals surface area contributed by atoms with E-state index in [1.807, 2.05) is 31.2 Å². The molecule has 7 nitrogen and oxygen atoms in total. The molecule has 2 atom stereocenters. The van der Waals surface area contributed by atoms with Crippen molar-refractivity contribution < 1.29 is 41.7 Å². The molecule has 1 aliphatic heterocycles. The van der Waals surface area contributed by atoms with E-state index in [9.17, 15) is 22.8 Å². The van der Waals surface area contributed by atoms with Crippen LogP contribution in [0.15, 0.2) is 60.2 Å². The second kappa shape index (κ2) is 13.0. The minimum atomic E-state index is -4.51. The molecule has 3 aromatic carbocycles. The Labute approximate surface area is 273 Å². The van der Waals surface area contributed by atoms with E-state index in [2.05, 4.69) is 13.8 Å². The lowest BCUT2D eigenvalue weighted by atomic mass is 9.72. The van der Waals surface area contributed by atoms with Gasteiger partial charge in [0.1, 0.15) is 17.6 Å². The van der Waals surface area contributed by atoms with Crippen LogP contribution in [0.1, 0.15) is 78.7 Å². The van der Waals surface area contributed by atoms with Gasteiger partial charge in [-0.3, -0.25) is 4.90 Å². The average molecular weight is 652 g/mol. The van der Waals surface area contributed by atoms with Gasteiger partial charge in [-0.1, -0.05) is 31.5 Å². The number of benzene rings is 3. The summed E-state index contributed by atoms with van der Waals surface area (Å²) in [5.74, 6) is 0.706. The summed E-state index contributed by atoms with van der Waals surface area (Å²) < 4.78 is 62.9. The number of carbonyl (C=O) groups excluding carboxylic acids is 2. The Bertz CT molecular complexity index is 1730. The SMILES string of the molecule is COC(=O)c1ccc(-c2ccc(OC)c(C3=C(CN4C(=O)O[C@H](c5cc(C)cc(C(F)(F)F)c5)[C@@H]4C)CC(C)(C)CC3)c2)c(OC)c1. The molecule has 0 spiro atoms. The van der Waals surface area contributed by atoms with E-state index in [4.69, 9.17) is 18.9 Å². The van der Waals surface area contributed by atoms with Crippen LogP contribution in [-0.2, 0) is 15.7 Å². The minimum Gasteiger partial charge on any atom is -0.496 e. The van der Waals surface area contributed by atoms with E-state index >= 15 is 0 Å². The minimum absolute atomic E-state index is 0.0406. The molecule has 1 heterocycles. The Hall–Kier alpha value is -4.47. The van der Waals surface area contributed by atoms with Crippen molar-refractivity contribution in [3.8, 4) is 22.6 Å². The molecule has 1 amide bonds. The van der Waals surface area contributed by atoms with Gasteiger partial charge >= 0.3 is 18.2 Å². The van der Waals surface area contributed by atoms with Gasteiger partial charge in [0.15, 0.2) is 0 Å². The van der Waals surface area contributed by atoms with Crippen LogP contribution in [0.4, 0.5) is 18.0 Å². The number of hydrogen-bond donors (Lipinski definition) is 0. The third-order valence-corrected chi connectivity index (χ3v) is 9.14. The summed E-state index contributed by atoms with van der Waals surface area (Å²) in [5, 5.41) is 0. The van der Waals surface area contributed by atoms with Gasteiger partial charge in [-0.15, -0.1) is 0 Å². The maximum atomic E-state index is 13.6. The van der Waals surface area contributed by atoms with Crippen molar-refractivity contribution in [1.82, 2.24) is 4.90 Å². The fraction of sp³-hybridized carbons (Fsp3) is 0.405. The molecule has 0 radical (unpaired) electrons. The van der Waals surface area contributed by atoms with E-state index in [1.54, 1.807) is 44.2 Å². The summed E-state index contributed by atoms with van der Waals surface area (Å²) in [4.78, 5) is 27.1. The van der Waals surface area contributed by atoms with Crippen molar-refractivity contribution >= 4 is 17.6 Å². The van der Waals surface area contributed by atoms with Gasteiger partial charge in [0.05, 0.1) is 38.5 Å². The molecule has 250 valence electrons. The van der Waals surface area contributed by atoms with E-state index in [0.29, 0.717) is 34.6 Å². The van der Waals surface area contributed by atoms with E-state index in [-0.39, 0.29) is 12.0 Å². The van der Waals surface area contributed by atoms with Gasteiger partial charge in [0, 0.05) is 17.7 Å². The fourth-order valence-corrected chi connectivity index (χ4v) is 6.68. The number of halogens is 3. The standard InChI is InChI=1S/C37H40F3NO6/c1-21-14-25(16-27(15-21)37(38,39)40)33-22(2)41(35(43)47-33)20-26-19-36(3,4)13-12-28(26)30-17-23(9-11-31(30)44-5)29-10-8-24(34(42)46-7)18-32(29)45-6/h8-11,14-18,22,33H,12-13,19-20H2,1-7H3/t22-,33-/m0/s1. The van der Waals surface area contributed by atoms with Crippen molar-refractivity contribution in [2.75, 3.05) is 27.9 Å². The highest BCUT2D eigenvalue weighted by atomic mass is 19.4. The summed E-state index contributed by atoms with van der Waals surface area (Å²) in [5.41, 5.74) is 4.91. The zero-order chi connectivity index (χ0) is 34.3. The maximum absolute atomic E-state index is 13.6. The first-order valence-electron chi connectivity index (χ1n) is 15.5. The first-order chi connectivity index (χ1) is 22.1. The lowest BCUT2D eigenvalue weighted by molar-refractivity contribution is -0.137. The molecular weight excluding hydrogens is 611 g/mol. The molecule has 0 unspecified atom stereocenters. The number of hydrogen-bond acceptors (Lipinski definition) is 6. The molecule has 0 saturated carbocycles. The van der Waals surface area contributed by atoms with Crippen molar-refractivity contribution in [3.63, 3.8) is 0 Å². The average Bonchev–Trinajstić information content (AvgIpc) is 3.31. The summed E-state index contributed by atoms with van der Waals surface area (Å²) >= 11 is 0. The highest BCUT2D eigenvalue weighted by Gasteiger charge is 2.42. The Balaban J connectivity index is 1.54. The molecule has 47 heavy (non-hydrogen) atoms. The quantitative estimate of drug-likeness (QED) is 0.226. The van der Waals surface area contributed by atoms with Crippen LogP contribution in [-0.4, -0.2) is 50.9 Å². The number of amides is 1. The van der Waals surface area contributed by atoms with E-state index in [0.717, 1.165) is 52.8 Å². The number of methoxy groups -OCH3 is 3. The van der Waals surface area contributed by atoms with Gasteiger partial charge < -0.3 is 18.9 Å². The topological polar surface area (TPSA) is 74.3 Å². The largest absolute Gasteiger partial charge is 0.496 e. The van der Waals surface area contributed by atoms with Crippen LogP contribution < -0.4 is 9.47 Å². The lowest BCUT2D eigenvalue weighted by Crippen LogP contribution is -2.35. The third kappa shape index (κ3) is 6.96. The Morgan fingerprint density at radius 2 is 1.70 bits per heavy atom. The highest BCUT2D eigenvalue weighted by Crippen LogP contribution is 2.47. The number of alkyl halides is 3. The van der Waals surface area contributed by atoms with Crippen molar-refractivity contribution in [3.05, 3.63) is 88.0 Å².